The Morgan fingerprint density at radius 1 is 1.27 bits per heavy atom. The second-order valence-corrected chi connectivity index (χ2v) is 8.63. The van der Waals surface area contributed by atoms with Gasteiger partial charge in [0.25, 0.3) is 5.91 Å². The van der Waals surface area contributed by atoms with Gasteiger partial charge >= 0.3 is 0 Å². The minimum atomic E-state index is -0.206. The first-order valence-corrected chi connectivity index (χ1v) is 11.4. The van der Waals surface area contributed by atoms with Crippen LogP contribution in [-0.2, 0) is 6.54 Å². The number of rotatable bonds is 6. The van der Waals surface area contributed by atoms with E-state index in [1.165, 1.54) is 35.1 Å². The van der Waals surface area contributed by atoms with Gasteiger partial charge in [0.1, 0.15) is 5.03 Å². The molecule has 0 fully saturated rings. The zero-order valence-electron chi connectivity index (χ0n) is 13.8. The number of aromatic nitrogens is 3. The van der Waals surface area contributed by atoms with Gasteiger partial charge in [0.05, 0.1) is 16.3 Å². The molecule has 0 unspecified atom stereocenters. The summed E-state index contributed by atoms with van der Waals surface area (Å²) in [6.07, 6.45) is 5.62. The first kappa shape index (κ1) is 19.6. The Bertz CT molecular complexity index is 920. The minimum absolute atomic E-state index is 0.206. The van der Waals surface area contributed by atoms with Gasteiger partial charge in [0.15, 0.2) is 5.82 Å². The number of carbonyl (C=O) groups is 1. The van der Waals surface area contributed by atoms with E-state index < -0.39 is 0 Å². The number of carbonyl (C=O) groups excluding carboxylic acids is 1. The predicted molar refractivity (Wildman–Crippen MR) is 111 cm³/mol. The van der Waals surface area contributed by atoms with Crippen molar-refractivity contribution >= 4 is 70.0 Å². The molecule has 3 rings (SSSR count). The first-order chi connectivity index (χ1) is 12.5. The number of hydrogen-bond acceptors (Lipinski definition) is 6. The van der Waals surface area contributed by atoms with Crippen LogP contribution in [0.5, 0.6) is 0 Å². The van der Waals surface area contributed by atoms with Gasteiger partial charge in [-0.05, 0) is 41.7 Å². The third-order valence-corrected chi connectivity index (χ3v) is 6.79. The number of nitrogens with one attached hydrogen (secondary N) is 1. The number of anilines is 1. The maximum absolute atomic E-state index is 12.6. The average Bonchev–Trinajstić information content (AvgIpc) is 3.23. The zero-order chi connectivity index (χ0) is 18.7. The Balaban J connectivity index is 1.74. The van der Waals surface area contributed by atoms with Gasteiger partial charge in [-0.3, -0.25) is 9.48 Å². The van der Waals surface area contributed by atoms with Crippen molar-refractivity contribution in [3.63, 3.8) is 0 Å². The highest BCUT2D eigenvalue weighted by atomic mass is 35.5. The van der Waals surface area contributed by atoms with Crippen LogP contribution in [0.15, 0.2) is 39.7 Å². The van der Waals surface area contributed by atoms with E-state index in [0.29, 0.717) is 28.0 Å². The molecule has 10 heteroatoms. The van der Waals surface area contributed by atoms with Crippen molar-refractivity contribution in [3.8, 4) is 0 Å². The maximum Gasteiger partial charge on any atom is 0.261 e. The average molecular weight is 445 g/mol. The summed E-state index contributed by atoms with van der Waals surface area (Å²) < 4.78 is 6.92. The molecular weight excluding hydrogens is 431 g/mol. The number of amides is 1. The van der Waals surface area contributed by atoms with Crippen molar-refractivity contribution in [1.29, 1.82) is 0 Å². The molecule has 3 aromatic rings. The summed E-state index contributed by atoms with van der Waals surface area (Å²) in [4.78, 5) is 12.6. The summed E-state index contributed by atoms with van der Waals surface area (Å²) in [5.74, 6) is 0.271. The second-order valence-electron chi connectivity index (χ2n) is 5.15. The SMILES string of the molecule is CSc1nsc(SC)c1C(=O)Nc1ccn(Cc2ccc(Cl)cc2Cl)n1. The lowest BCUT2D eigenvalue weighted by Crippen LogP contribution is -2.14. The summed E-state index contributed by atoms with van der Waals surface area (Å²) in [6.45, 7) is 0.484. The maximum atomic E-state index is 12.6. The second kappa shape index (κ2) is 8.67. The lowest BCUT2D eigenvalue weighted by Gasteiger charge is -2.06. The zero-order valence-corrected chi connectivity index (χ0v) is 17.8. The Labute approximate surface area is 173 Å². The molecule has 0 saturated heterocycles. The topological polar surface area (TPSA) is 59.8 Å². The molecule has 0 saturated carbocycles. The van der Waals surface area contributed by atoms with Gasteiger partial charge in [0, 0.05) is 22.3 Å². The molecule has 0 spiro atoms. The highest BCUT2D eigenvalue weighted by molar-refractivity contribution is 8.01. The normalized spacial score (nSPS) is 10.9. The van der Waals surface area contributed by atoms with Gasteiger partial charge in [-0.25, -0.2) is 0 Å². The van der Waals surface area contributed by atoms with E-state index in [9.17, 15) is 4.79 Å². The monoisotopic (exact) mass is 444 g/mol. The molecule has 2 aromatic heterocycles. The van der Waals surface area contributed by atoms with E-state index in [1.54, 1.807) is 29.1 Å². The molecule has 26 heavy (non-hydrogen) atoms. The number of hydrogen-bond donors (Lipinski definition) is 1. The number of halogens is 2. The highest BCUT2D eigenvalue weighted by Gasteiger charge is 2.20. The number of benzene rings is 1. The Morgan fingerprint density at radius 2 is 2.08 bits per heavy atom. The van der Waals surface area contributed by atoms with E-state index in [4.69, 9.17) is 23.2 Å². The van der Waals surface area contributed by atoms with Crippen molar-refractivity contribution in [3.05, 3.63) is 51.6 Å². The molecule has 5 nitrogen and oxygen atoms in total. The molecule has 0 aliphatic heterocycles. The van der Waals surface area contributed by atoms with Crippen molar-refractivity contribution in [2.45, 2.75) is 15.8 Å². The van der Waals surface area contributed by atoms with Crippen LogP contribution in [0.2, 0.25) is 10.0 Å². The quantitative estimate of drug-likeness (QED) is 0.516. The lowest BCUT2D eigenvalue weighted by molar-refractivity contribution is 0.102. The molecule has 1 aromatic carbocycles. The van der Waals surface area contributed by atoms with Crippen LogP contribution in [0.25, 0.3) is 0 Å². The minimum Gasteiger partial charge on any atom is -0.305 e. The van der Waals surface area contributed by atoms with E-state index >= 15 is 0 Å². The summed E-state index contributed by atoms with van der Waals surface area (Å²) >= 11 is 16.4. The summed E-state index contributed by atoms with van der Waals surface area (Å²) in [5.41, 5.74) is 1.50. The third-order valence-electron chi connectivity index (χ3n) is 3.46. The van der Waals surface area contributed by atoms with Crippen LogP contribution >= 0.6 is 58.3 Å². The largest absolute Gasteiger partial charge is 0.305 e. The van der Waals surface area contributed by atoms with Crippen molar-refractivity contribution in [2.24, 2.45) is 0 Å². The Hall–Kier alpha value is -1.19. The summed E-state index contributed by atoms with van der Waals surface area (Å²) in [5, 5.41) is 9.13. The third kappa shape index (κ3) is 4.37. The molecule has 136 valence electrons. The molecule has 0 aliphatic rings. The van der Waals surface area contributed by atoms with Gasteiger partial charge in [0.2, 0.25) is 0 Å². The number of nitrogens with zero attached hydrogens (tertiary/aromatic N) is 3. The van der Waals surface area contributed by atoms with E-state index in [1.807, 2.05) is 18.6 Å². The van der Waals surface area contributed by atoms with Crippen LogP contribution in [0.3, 0.4) is 0 Å². The standard InChI is InChI=1S/C16H14Cl2N4OS3/c1-24-15-13(16(25-2)26-21-15)14(23)19-12-5-6-22(20-12)8-9-3-4-10(17)7-11(9)18/h3-7H,8H2,1-2H3,(H,19,20,23). The molecule has 0 radical (unpaired) electrons. The van der Waals surface area contributed by atoms with Crippen LogP contribution in [0, 0.1) is 0 Å². The molecule has 0 atom stereocenters. The smallest absolute Gasteiger partial charge is 0.261 e. The summed E-state index contributed by atoms with van der Waals surface area (Å²) in [6, 6.07) is 7.09. The van der Waals surface area contributed by atoms with Crippen molar-refractivity contribution in [2.75, 3.05) is 17.8 Å². The Morgan fingerprint density at radius 3 is 2.77 bits per heavy atom. The molecule has 0 bridgehead atoms. The van der Waals surface area contributed by atoms with Gasteiger partial charge < -0.3 is 5.32 Å². The first-order valence-electron chi connectivity index (χ1n) is 7.38. The van der Waals surface area contributed by atoms with Gasteiger partial charge in [-0.2, -0.15) is 9.47 Å². The van der Waals surface area contributed by atoms with Gasteiger partial charge in [-0.15, -0.1) is 23.5 Å². The van der Waals surface area contributed by atoms with Crippen molar-refractivity contribution in [1.82, 2.24) is 14.2 Å². The Kier molecular flexibility index (Phi) is 6.52. The fourth-order valence-electron chi connectivity index (χ4n) is 2.25. The van der Waals surface area contributed by atoms with Crippen LogP contribution in [-0.4, -0.2) is 32.6 Å². The summed E-state index contributed by atoms with van der Waals surface area (Å²) in [7, 11) is 0. The molecule has 0 aliphatic carbocycles. The number of thioether (sulfide) groups is 2. The van der Waals surface area contributed by atoms with Gasteiger partial charge in [-0.1, -0.05) is 29.3 Å². The van der Waals surface area contributed by atoms with E-state index in [0.717, 1.165) is 14.8 Å². The van der Waals surface area contributed by atoms with Crippen molar-refractivity contribution < 1.29 is 4.79 Å². The molecule has 1 N–H and O–H groups in total. The molecule has 1 amide bonds. The van der Waals surface area contributed by atoms with Crippen LogP contribution in [0.1, 0.15) is 15.9 Å². The van der Waals surface area contributed by atoms with E-state index in [-0.39, 0.29) is 5.91 Å². The molecular formula is C16H14Cl2N4OS3. The lowest BCUT2D eigenvalue weighted by atomic mass is 10.2. The fourth-order valence-corrected chi connectivity index (χ4v) is 5.00. The van der Waals surface area contributed by atoms with Crippen LogP contribution < -0.4 is 5.32 Å². The van der Waals surface area contributed by atoms with E-state index in [2.05, 4.69) is 14.8 Å². The fraction of sp³-hybridized carbons (Fsp3) is 0.188. The predicted octanol–water partition coefficient (Wildman–Crippen LogP) is 5.39. The molecule has 2 heterocycles. The van der Waals surface area contributed by atoms with Crippen LogP contribution in [0.4, 0.5) is 5.82 Å². The highest BCUT2D eigenvalue weighted by Crippen LogP contribution is 2.33.